The Balaban J connectivity index is 1.57. The molecule has 2 heterocycles. The Bertz CT molecular complexity index is 823. The highest BCUT2D eigenvalue weighted by Crippen LogP contribution is 2.31. The predicted molar refractivity (Wildman–Crippen MR) is 106 cm³/mol. The van der Waals surface area contributed by atoms with Crippen molar-refractivity contribution < 1.29 is 4.79 Å². The number of carbonyl (C=O) groups excluding carboxylic acids is 1. The van der Waals surface area contributed by atoms with E-state index in [0.29, 0.717) is 6.42 Å². The molecule has 2 aliphatic rings. The summed E-state index contributed by atoms with van der Waals surface area (Å²) in [6.45, 7) is 3.78. The highest BCUT2D eigenvalue weighted by molar-refractivity contribution is 6.31. The Kier molecular flexibility index (Phi) is 4.98. The largest absolute Gasteiger partial charge is 0.315 e. The number of nitrogens with one attached hydrogen (secondary N) is 1. The predicted octanol–water partition coefficient (Wildman–Crippen LogP) is 3.40. The number of halogens is 1. The summed E-state index contributed by atoms with van der Waals surface area (Å²) in [5, 5.41) is 4.32. The Hall–Kier alpha value is -1.88. The van der Waals surface area contributed by atoms with Gasteiger partial charge in [0.1, 0.15) is 0 Å². The van der Waals surface area contributed by atoms with Gasteiger partial charge in [-0.1, -0.05) is 41.9 Å². The molecule has 0 radical (unpaired) electrons. The van der Waals surface area contributed by atoms with Crippen molar-refractivity contribution in [3.8, 4) is 0 Å². The molecule has 0 aliphatic carbocycles. The van der Waals surface area contributed by atoms with Crippen LogP contribution in [0.3, 0.4) is 0 Å². The van der Waals surface area contributed by atoms with Gasteiger partial charge in [-0.2, -0.15) is 0 Å². The molecule has 2 aromatic carbocycles. The minimum Gasteiger partial charge on any atom is -0.315 e. The first-order valence-corrected chi connectivity index (χ1v) is 9.59. The topological polar surface area (TPSA) is 35.6 Å². The maximum atomic E-state index is 11.9. The van der Waals surface area contributed by atoms with Crippen LogP contribution in [-0.2, 0) is 17.8 Å². The van der Waals surface area contributed by atoms with Gasteiger partial charge in [0.05, 0.1) is 0 Å². The molecular formula is C21H24ClN3O. The number of hydrogen-bond acceptors (Lipinski definition) is 3. The Labute approximate surface area is 159 Å². The molecule has 0 spiro atoms. The van der Waals surface area contributed by atoms with E-state index in [9.17, 15) is 4.79 Å². The monoisotopic (exact) mass is 369 g/mol. The number of amides is 1. The highest BCUT2D eigenvalue weighted by Gasteiger charge is 2.26. The molecule has 0 bridgehead atoms. The Morgan fingerprint density at radius 2 is 2.04 bits per heavy atom. The van der Waals surface area contributed by atoms with Crippen LogP contribution in [0.4, 0.5) is 5.69 Å². The van der Waals surface area contributed by atoms with Gasteiger partial charge in [0, 0.05) is 56.4 Å². The fourth-order valence-corrected chi connectivity index (χ4v) is 4.29. The van der Waals surface area contributed by atoms with Gasteiger partial charge in [0.2, 0.25) is 5.91 Å². The van der Waals surface area contributed by atoms with E-state index in [1.807, 2.05) is 19.2 Å². The number of aryl methyl sites for hydroxylation is 1. The molecule has 136 valence electrons. The fourth-order valence-electron chi connectivity index (χ4n) is 4.03. The van der Waals surface area contributed by atoms with Gasteiger partial charge in [-0.15, -0.1) is 0 Å². The maximum absolute atomic E-state index is 11.9. The molecule has 26 heavy (non-hydrogen) atoms. The molecule has 2 aromatic rings. The van der Waals surface area contributed by atoms with Crippen molar-refractivity contribution in [3.05, 3.63) is 64.2 Å². The molecule has 0 aromatic heterocycles. The van der Waals surface area contributed by atoms with Gasteiger partial charge >= 0.3 is 0 Å². The standard InChI is InChI=1S/C21H24ClN3O/c1-24-19-8-6-15(12-16(19)7-9-21(24)26)14-25-11-10-23-13-20(25)17-4-2-3-5-18(17)22/h2-6,8,12,20,23H,7,9-11,13-14H2,1H3. The number of anilines is 1. The van der Waals surface area contributed by atoms with E-state index >= 15 is 0 Å². The fraction of sp³-hybridized carbons (Fsp3) is 0.381. The Morgan fingerprint density at radius 3 is 2.88 bits per heavy atom. The number of nitrogens with zero attached hydrogens (tertiary/aromatic N) is 2. The van der Waals surface area contributed by atoms with Crippen molar-refractivity contribution in [1.82, 2.24) is 10.2 Å². The molecule has 5 heteroatoms. The van der Waals surface area contributed by atoms with Crippen LogP contribution in [0.25, 0.3) is 0 Å². The number of piperazine rings is 1. The molecule has 4 nitrogen and oxygen atoms in total. The molecule has 1 unspecified atom stereocenters. The van der Waals surface area contributed by atoms with Crippen molar-refractivity contribution in [2.45, 2.75) is 25.4 Å². The van der Waals surface area contributed by atoms with E-state index in [1.165, 1.54) is 16.7 Å². The van der Waals surface area contributed by atoms with Crippen molar-refractivity contribution in [1.29, 1.82) is 0 Å². The summed E-state index contributed by atoms with van der Waals surface area (Å²) in [7, 11) is 1.86. The van der Waals surface area contributed by atoms with E-state index in [1.54, 1.807) is 4.90 Å². The van der Waals surface area contributed by atoms with Crippen LogP contribution in [0, 0.1) is 0 Å². The van der Waals surface area contributed by atoms with Crippen LogP contribution in [0.5, 0.6) is 0 Å². The number of fused-ring (bicyclic) bond motifs is 1. The third-order valence-corrected chi connectivity index (χ3v) is 5.84. The van der Waals surface area contributed by atoms with Crippen molar-refractivity contribution in [2.24, 2.45) is 0 Å². The van der Waals surface area contributed by atoms with E-state index in [4.69, 9.17) is 11.6 Å². The van der Waals surface area contributed by atoms with Crippen molar-refractivity contribution >= 4 is 23.2 Å². The molecule has 1 atom stereocenters. The Morgan fingerprint density at radius 1 is 1.19 bits per heavy atom. The summed E-state index contributed by atoms with van der Waals surface area (Å²) in [6, 6.07) is 14.9. The van der Waals surface area contributed by atoms with Crippen LogP contribution < -0.4 is 10.2 Å². The first kappa shape index (κ1) is 17.5. The van der Waals surface area contributed by atoms with Gasteiger partial charge < -0.3 is 10.2 Å². The first-order valence-electron chi connectivity index (χ1n) is 9.21. The summed E-state index contributed by atoms with van der Waals surface area (Å²) in [4.78, 5) is 16.2. The third-order valence-electron chi connectivity index (χ3n) is 5.49. The molecular weight excluding hydrogens is 346 g/mol. The maximum Gasteiger partial charge on any atom is 0.227 e. The van der Waals surface area contributed by atoms with Crippen LogP contribution in [-0.4, -0.2) is 37.5 Å². The lowest BCUT2D eigenvalue weighted by Crippen LogP contribution is -2.45. The summed E-state index contributed by atoms with van der Waals surface area (Å²) in [5.74, 6) is 0.200. The van der Waals surface area contributed by atoms with Crippen LogP contribution in [0.15, 0.2) is 42.5 Å². The summed E-state index contributed by atoms with van der Waals surface area (Å²) in [5.41, 5.74) is 4.80. The summed E-state index contributed by atoms with van der Waals surface area (Å²) < 4.78 is 0. The molecule has 0 saturated carbocycles. The number of benzene rings is 2. The van der Waals surface area contributed by atoms with Gasteiger partial charge in [-0.05, 0) is 35.2 Å². The second-order valence-corrected chi connectivity index (χ2v) is 7.53. The van der Waals surface area contributed by atoms with Crippen LogP contribution in [0.2, 0.25) is 5.02 Å². The van der Waals surface area contributed by atoms with E-state index in [0.717, 1.165) is 43.3 Å². The average molecular weight is 370 g/mol. The van der Waals surface area contributed by atoms with Crippen molar-refractivity contribution in [2.75, 3.05) is 31.6 Å². The quantitative estimate of drug-likeness (QED) is 0.900. The van der Waals surface area contributed by atoms with Crippen molar-refractivity contribution in [3.63, 3.8) is 0 Å². The second-order valence-electron chi connectivity index (χ2n) is 7.13. The van der Waals surface area contributed by atoms with Crippen LogP contribution >= 0.6 is 11.6 Å². The lowest BCUT2D eigenvalue weighted by molar-refractivity contribution is -0.118. The SMILES string of the molecule is CN1C(=O)CCc2cc(CN3CCNCC3c3ccccc3Cl)ccc21. The average Bonchev–Trinajstić information content (AvgIpc) is 2.66. The van der Waals surface area contributed by atoms with Gasteiger partial charge in [0.25, 0.3) is 0 Å². The lowest BCUT2D eigenvalue weighted by Gasteiger charge is -2.37. The zero-order valence-corrected chi connectivity index (χ0v) is 15.8. The first-order chi connectivity index (χ1) is 12.6. The highest BCUT2D eigenvalue weighted by atomic mass is 35.5. The second kappa shape index (κ2) is 7.39. The molecule has 1 saturated heterocycles. The van der Waals surface area contributed by atoms with E-state index in [-0.39, 0.29) is 11.9 Å². The minimum absolute atomic E-state index is 0.200. The zero-order valence-electron chi connectivity index (χ0n) is 15.0. The molecule has 2 aliphatic heterocycles. The van der Waals surface area contributed by atoms with E-state index in [2.05, 4.69) is 40.5 Å². The summed E-state index contributed by atoms with van der Waals surface area (Å²) in [6.07, 6.45) is 1.44. The third kappa shape index (κ3) is 3.37. The molecule has 1 fully saturated rings. The van der Waals surface area contributed by atoms with E-state index < -0.39 is 0 Å². The molecule has 4 rings (SSSR count). The molecule has 1 N–H and O–H groups in total. The zero-order chi connectivity index (χ0) is 18.1. The summed E-state index contributed by atoms with van der Waals surface area (Å²) >= 11 is 6.46. The smallest absolute Gasteiger partial charge is 0.227 e. The van der Waals surface area contributed by atoms with Gasteiger partial charge in [0.15, 0.2) is 0 Å². The number of carbonyl (C=O) groups is 1. The number of rotatable bonds is 3. The molecule has 1 amide bonds. The van der Waals surface area contributed by atoms with Crippen LogP contribution in [0.1, 0.15) is 29.2 Å². The lowest BCUT2D eigenvalue weighted by atomic mass is 9.98. The number of hydrogen-bond donors (Lipinski definition) is 1. The minimum atomic E-state index is 0.200. The normalized spacial score (nSPS) is 20.9. The van der Waals surface area contributed by atoms with Gasteiger partial charge in [-0.3, -0.25) is 9.69 Å². The van der Waals surface area contributed by atoms with Gasteiger partial charge in [-0.25, -0.2) is 0 Å².